The first-order chi connectivity index (χ1) is 14.1. The van der Waals surface area contributed by atoms with E-state index in [4.69, 9.17) is 27.9 Å². The zero-order valence-electron chi connectivity index (χ0n) is 16.1. The van der Waals surface area contributed by atoms with Crippen LogP contribution in [0.15, 0.2) is 40.5 Å². The number of rotatable bonds is 7. The molecule has 0 saturated carbocycles. The van der Waals surface area contributed by atoms with Crippen molar-refractivity contribution in [2.24, 2.45) is 0 Å². The number of nitrogens with one attached hydrogen (secondary N) is 1. The predicted molar refractivity (Wildman–Crippen MR) is 116 cm³/mol. The molecule has 2 aromatic heterocycles. The van der Waals surface area contributed by atoms with Crippen molar-refractivity contribution in [3.8, 4) is 5.75 Å². The maximum absolute atomic E-state index is 12.5. The van der Waals surface area contributed by atoms with Gasteiger partial charge in [-0.05, 0) is 24.3 Å². The van der Waals surface area contributed by atoms with E-state index < -0.39 is 10.0 Å². The molecule has 1 aromatic carbocycles. The summed E-state index contributed by atoms with van der Waals surface area (Å²) in [5, 5.41) is 11.8. The molecule has 3 aromatic rings. The summed E-state index contributed by atoms with van der Waals surface area (Å²) in [4.78, 5) is 12.5. The average molecular weight is 490 g/mol. The zero-order valence-corrected chi connectivity index (χ0v) is 19.2. The van der Waals surface area contributed by atoms with Gasteiger partial charge in [0.1, 0.15) is 5.75 Å². The smallest absolute Gasteiger partial charge is 0.242 e. The number of thioether (sulfide) groups is 1. The normalized spacial score (nSPS) is 11.8. The van der Waals surface area contributed by atoms with Gasteiger partial charge in [0.2, 0.25) is 15.9 Å². The van der Waals surface area contributed by atoms with Gasteiger partial charge < -0.3 is 10.1 Å². The average Bonchev–Trinajstić information content (AvgIpc) is 3.09. The monoisotopic (exact) mass is 489 g/mol. The molecule has 0 fully saturated rings. The minimum Gasteiger partial charge on any atom is -0.495 e. The molecular formula is C17H17Cl2N5O4S2. The number of benzene rings is 1. The van der Waals surface area contributed by atoms with Crippen LogP contribution < -0.4 is 10.1 Å². The van der Waals surface area contributed by atoms with Crippen molar-refractivity contribution in [3.05, 3.63) is 40.5 Å². The van der Waals surface area contributed by atoms with Gasteiger partial charge in [0, 0.05) is 20.3 Å². The number of nitrogens with zero attached hydrogens (tertiary/aromatic N) is 4. The van der Waals surface area contributed by atoms with Gasteiger partial charge >= 0.3 is 0 Å². The molecule has 0 aliphatic carbocycles. The second kappa shape index (κ2) is 8.98. The number of anilines is 1. The summed E-state index contributed by atoms with van der Waals surface area (Å²) in [6, 6.07) is 5.79. The SMILES string of the molecule is COc1ccc(S(=O)(=O)N(C)C)cc1NC(=O)CSc1nnc2c(Cl)cc(Cl)cn12. The zero-order chi connectivity index (χ0) is 22.1. The van der Waals surface area contributed by atoms with Gasteiger partial charge in [0.05, 0.1) is 33.5 Å². The number of ether oxygens (including phenoxy) is 1. The largest absolute Gasteiger partial charge is 0.495 e. The second-order valence-corrected chi connectivity index (χ2v) is 10.1. The van der Waals surface area contributed by atoms with E-state index in [1.165, 1.54) is 39.4 Å². The van der Waals surface area contributed by atoms with Crippen LogP contribution in [0, 0.1) is 0 Å². The molecule has 9 nitrogen and oxygen atoms in total. The van der Waals surface area contributed by atoms with E-state index in [0.717, 1.165) is 16.1 Å². The molecule has 0 spiro atoms. The standard InChI is InChI=1S/C17H17Cl2N5O4S2/c1-23(2)30(26,27)11-4-5-14(28-3)13(7-11)20-15(25)9-29-17-22-21-16-12(19)6-10(18)8-24(16)17/h4-8H,9H2,1-3H3,(H,20,25). The number of carbonyl (C=O) groups is 1. The van der Waals surface area contributed by atoms with Crippen LogP contribution in [0.25, 0.3) is 5.65 Å². The first kappa shape index (κ1) is 22.6. The lowest BCUT2D eigenvalue weighted by atomic mass is 10.3. The van der Waals surface area contributed by atoms with Crippen molar-refractivity contribution in [2.75, 3.05) is 32.3 Å². The van der Waals surface area contributed by atoms with Gasteiger partial charge in [-0.2, -0.15) is 0 Å². The molecule has 0 saturated heterocycles. The Balaban J connectivity index is 1.78. The summed E-state index contributed by atoms with van der Waals surface area (Å²) < 4.78 is 32.6. The number of carbonyl (C=O) groups excluding carboxylic acids is 1. The van der Waals surface area contributed by atoms with Crippen molar-refractivity contribution in [3.63, 3.8) is 0 Å². The molecule has 0 atom stereocenters. The fourth-order valence-corrected chi connectivity index (χ4v) is 4.62. The third-order valence-electron chi connectivity index (χ3n) is 3.95. The first-order valence-electron chi connectivity index (χ1n) is 8.36. The lowest BCUT2D eigenvalue weighted by Crippen LogP contribution is -2.22. The van der Waals surface area contributed by atoms with Crippen LogP contribution in [0.5, 0.6) is 5.75 Å². The molecular weight excluding hydrogens is 473 g/mol. The van der Waals surface area contributed by atoms with E-state index in [0.29, 0.717) is 26.6 Å². The molecule has 0 radical (unpaired) electrons. The van der Waals surface area contributed by atoms with Crippen LogP contribution in [0.3, 0.4) is 0 Å². The highest BCUT2D eigenvalue weighted by atomic mass is 35.5. The van der Waals surface area contributed by atoms with Crippen molar-refractivity contribution in [1.82, 2.24) is 18.9 Å². The van der Waals surface area contributed by atoms with Crippen LogP contribution in [-0.4, -0.2) is 60.2 Å². The molecule has 3 rings (SSSR count). The summed E-state index contributed by atoms with van der Waals surface area (Å²) in [6.07, 6.45) is 1.60. The summed E-state index contributed by atoms with van der Waals surface area (Å²) in [7, 11) is 0.613. The molecule has 30 heavy (non-hydrogen) atoms. The Morgan fingerprint density at radius 1 is 1.27 bits per heavy atom. The molecule has 0 unspecified atom stereocenters. The predicted octanol–water partition coefficient (Wildman–Crippen LogP) is 3.03. The van der Waals surface area contributed by atoms with Crippen LogP contribution in [0.1, 0.15) is 0 Å². The van der Waals surface area contributed by atoms with E-state index in [2.05, 4.69) is 15.5 Å². The number of halogens is 2. The van der Waals surface area contributed by atoms with E-state index >= 15 is 0 Å². The summed E-state index contributed by atoms with van der Waals surface area (Å²) in [5.41, 5.74) is 0.662. The number of hydrogen-bond donors (Lipinski definition) is 1. The van der Waals surface area contributed by atoms with Gasteiger partial charge in [-0.1, -0.05) is 35.0 Å². The highest BCUT2D eigenvalue weighted by Crippen LogP contribution is 2.29. The topological polar surface area (TPSA) is 106 Å². The van der Waals surface area contributed by atoms with Crippen molar-refractivity contribution in [1.29, 1.82) is 0 Å². The Morgan fingerprint density at radius 2 is 2.00 bits per heavy atom. The Kier molecular flexibility index (Phi) is 6.78. The quantitative estimate of drug-likeness (QED) is 0.508. The van der Waals surface area contributed by atoms with Gasteiger partial charge in [0.25, 0.3) is 0 Å². The summed E-state index contributed by atoms with van der Waals surface area (Å²) >= 11 is 13.2. The minimum atomic E-state index is -3.67. The molecule has 1 N–H and O–H groups in total. The van der Waals surface area contributed by atoms with Crippen LogP contribution in [0.2, 0.25) is 10.0 Å². The Bertz CT molecular complexity index is 1210. The highest BCUT2D eigenvalue weighted by Gasteiger charge is 2.20. The van der Waals surface area contributed by atoms with Crippen LogP contribution in [0.4, 0.5) is 5.69 Å². The maximum Gasteiger partial charge on any atom is 0.242 e. The van der Waals surface area contributed by atoms with E-state index in [-0.39, 0.29) is 22.2 Å². The second-order valence-electron chi connectivity index (χ2n) is 6.17. The molecule has 0 aliphatic heterocycles. The maximum atomic E-state index is 12.5. The summed E-state index contributed by atoms with van der Waals surface area (Å²) in [5.74, 6) is -0.0706. The number of fused-ring (bicyclic) bond motifs is 1. The Hall–Kier alpha value is -2.05. The Labute approximate surface area is 187 Å². The number of aromatic nitrogens is 3. The Morgan fingerprint density at radius 3 is 2.67 bits per heavy atom. The van der Waals surface area contributed by atoms with Gasteiger partial charge in [-0.25, -0.2) is 12.7 Å². The molecule has 160 valence electrons. The summed E-state index contributed by atoms with van der Waals surface area (Å²) in [6.45, 7) is 0. The van der Waals surface area contributed by atoms with Gasteiger partial charge in [-0.15, -0.1) is 10.2 Å². The lowest BCUT2D eigenvalue weighted by molar-refractivity contribution is -0.113. The molecule has 1 amide bonds. The number of methoxy groups -OCH3 is 1. The number of hydrogen-bond acceptors (Lipinski definition) is 7. The van der Waals surface area contributed by atoms with E-state index in [1.807, 2.05) is 0 Å². The first-order valence-corrected chi connectivity index (χ1v) is 11.5. The van der Waals surface area contributed by atoms with E-state index in [9.17, 15) is 13.2 Å². The number of sulfonamides is 1. The number of pyridine rings is 1. The van der Waals surface area contributed by atoms with Crippen molar-refractivity contribution < 1.29 is 17.9 Å². The highest BCUT2D eigenvalue weighted by molar-refractivity contribution is 7.99. The minimum absolute atomic E-state index is 0.0151. The third kappa shape index (κ3) is 4.65. The van der Waals surface area contributed by atoms with Crippen molar-refractivity contribution in [2.45, 2.75) is 10.1 Å². The lowest BCUT2D eigenvalue weighted by Gasteiger charge is -2.15. The van der Waals surface area contributed by atoms with Gasteiger partial charge in [0.15, 0.2) is 10.8 Å². The van der Waals surface area contributed by atoms with Crippen LogP contribution >= 0.6 is 35.0 Å². The van der Waals surface area contributed by atoms with Crippen LogP contribution in [-0.2, 0) is 14.8 Å². The fraction of sp³-hybridized carbons (Fsp3) is 0.235. The molecule has 2 heterocycles. The number of amides is 1. The van der Waals surface area contributed by atoms with E-state index in [1.54, 1.807) is 16.7 Å². The van der Waals surface area contributed by atoms with Crippen molar-refractivity contribution >= 4 is 62.2 Å². The third-order valence-corrected chi connectivity index (χ3v) is 7.19. The molecule has 13 heteroatoms. The molecule has 0 bridgehead atoms. The fourth-order valence-electron chi connectivity index (χ4n) is 2.47. The molecule has 0 aliphatic rings. The van der Waals surface area contributed by atoms with Gasteiger partial charge in [-0.3, -0.25) is 9.20 Å².